The Kier molecular flexibility index (Phi) is 1.69. The molecule has 0 aromatic rings. The minimum Gasteiger partial charge on any atom is -0.373 e. The molecule has 0 unspecified atom stereocenters. The number of hydrogen-bond donors (Lipinski definition) is 0. The lowest BCUT2D eigenvalue weighted by Crippen LogP contribution is -2.45. The normalized spacial score (nSPS) is 38.4. The zero-order valence-electron chi connectivity index (χ0n) is 6.47. The van der Waals surface area contributed by atoms with Crippen molar-refractivity contribution in [3.63, 3.8) is 0 Å². The van der Waals surface area contributed by atoms with Crippen molar-refractivity contribution in [2.75, 3.05) is 19.8 Å². The van der Waals surface area contributed by atoms with Crippen molar-refractivity contribution in [2.45, 2.75) is 24.9 Å². The molecule has 0 aliphatic carbocycles. The molecule has 2 aliphatic rings. The van der Waals surface area contributed by atoms with Gasteiger partial charge in [-0.25, -0.2) is 0 Å². The lowest BCUT2D eigenvalue weighted by molar-refractivity contribution is -0.154. The second-order valence-electron chi connectivity index (χ2n) is 3.17. The van der Waals surface area contributed by atoms with Crippen LogP contribution in [0, 0.1) is 0 Å². The van der Waals surface area contributed by atoms with E-state index < -0.39 is 5.60 Å². The molecule has 3 nitrogen and oxygen atoms in total. The Hall–Kier alpha value is -0.410. The third kappa shape index (κ3) is 1.08. The number of ether oxygens (including phenoxy) is 2. The van der Waals surface area contributed by atoms with Crippen LogP contribution in [0.1, 0.15) is 19.3 Å². The summed E-state index contributed by atoms with van der Waals surface area (Å²) >= 11 is 0. The summed E-state index contributed by atoms with van der Waals surface area (Å²) in [4.78, 5) is 11.4. The maximum absolute atomic E-state index is 11.4. The van der Waals surface area contributed by atoms with Gasteiger partial charge in [0.15, 0.2) is 5.78 Å². The molecule has 0 aromatic carbocycles. The quantitative estimate of drug-likeness (QED) is 0.513. The van der Waals surface area contributed by atoms with Crippen molar-refractivity contribution in [1.82, 2.24) is 0 Å². The molecule has 2 heterocycles. The molecule has 62 valence electrons. The maximum Gasteiger partial charge on any atom is 0.190 e. The molecule has 2 aliphatic heterocycles. The summed E-state index contributed by atoms with van der Waals surface area (Å²) in [5.74, 6) is 0.140. The summed E-state index contributed by atoms with van der Waals surface area (Å²) in [5, 5.41) is 0. The predicted molar refractivity (Wildman–Crippen MR) is 38.4 cm³/mol. The third-order valence-corrected chi connectivity index (χ3v) is 2.49. The van der Waals surface area contributed by atoms with Crippen molar-refractivity contribution in [2.24, 2.45) is 0 Å². The molecule has 1 atom stereocenters. The predicted octanol–water partition coefficient (Wildman–Crippen LogP) is 0.525. The summed E-state index contributed by atoms with van der Waals surface area (Å²) in [6.07, 6.45) is 2.67. The fraction of sp³-hybridized carbons (Fsp3) is 0.875. The molecule has 0 N–H and O–H groups in total. The van der Waals surface area contributed by atoms with Gasteiger partial charge in [-0.15, -0.1) is 0 Å². The van der Waals surface area contributed by atoms with Crippen LogP contribution in [0.15, 0.2) is 0 Å². The molecule has 2 fully saturated rings. The lowest BCUT2D eigenvalue weighted by atomic mass is 9.90. The van der Waals surface area contributed by atoms with E-state index in [1.54, 1.807) is 0 Å². The van der Waals surface area contributed by atoms with Crippen molar-refractivity contribution < 1.29 is 14.3 Å². The smallest absolute Gasteiger partial charge is 0.190 e. The Balaban J connectivity index is 2.13. The third-order valence-electron chi connectivity index (χ3n) is 2.49. The fourth-order valence-electron chi connectivity index (χ4n) is 1.79. The molecule has 0 aromatic heterocycles. The van der Waals surface area contributed by atoms with Gasteiger partial charge in [0.1, 0.15) is 12.2 Å². The van der Waals surface area contributed by atoms with E-state index in [0.717, 1.165) is 25.9 Å². The number of hydrogen-bond acceptors (Lipinski definition) is 3. The first kappa shape index (κ1) is 7.25. The summed E-state index contributed by atoms with van der Waals surface area (Å²) in [6, 6.07) is 0. The molecular formula is C8H12O3. The lowest BCUT2D eigenvalue weighted by Gasteiger charge is -2.30. The van der Waals surface area contributed by atoms with E-state index in [4.69, 9.17) is 9.47 Å². The average Bonchev–Trinajstić information content (AvgIpc) is 2.46. The largest absolute Gasteiger partial charge is 0.373 e. The SMILES string of the molecule is O=C1COCC[C@@]12CCCO2. The second-order valence-corrected chi connectivity index (χ2v) is 3.17. The van der Waals surface area contributed by atoms with Crippen molar-refractivity contribution >= 4 is 5.78 Å². The Bertz CT molecular complexity index is 170. The van der Waals surface area contributed by atoms with Gasteiger partial charge in [0.25, 0.3) is 0 Å². The van der Waals surface area contributed by atoms with E-state index in [9.17, 15) is 4.79 Å². The van der Waals surface area contributed by atoms with Gasteiger partial charge in [-0.1, -0.05) is 0 Å². The number of Topliss-reactive ketones (excluding diaryl/α,β-unsaturated/α-hetero) is 1. The first-order valence-electron chi connectivity index (χ1n) is 4.08. The van der Waals surface area contributed by atoms with Crippen LogP contribution in [0.25, 0.3) is 0 Å². The van der Waals surface area contributed by atoms with E-state index in [2.05, 4.69) is 0 Å². The van der Waals surface area contributed by atoms with Crippen LogP contribution in [0.3, 0.4) is 0 Å². The summed E-state index contributed by atoms with van der Waals surface area (Å²) in [7, 11) is 0. The van der Waals surface area contributed by atoms with E-state index in [1.807, 2.05) is 0 Å². The first-order chi connectivity index (χ1) is 5.33. The topological polar surface area (TPSA) is 35.5 Å². The summed E-state index contributed by atoms with van der Waals surface area (Å²) in [5.41, 5.74) is -0.432. The first-order valence-corrected chi connectivity index (χ1v) is 4.08. The molecule has 1 spiro atoms. The molecule has 0 amide bonds. The van der Waals surface area contributed by atoms with Gasteiger partial charge in [0.05, 0.1) is 6.61 Å². The zero-order chi connectivity index (χ0) is 7.73. The molecule has 0 saturated carbocycles. The van der Waals surface area contributed by atoms with Gasteiger partial charge in [-0.05, 0) is 12.8 Å². The van der Waals surface area contributed by atoms with E-state index in [0.29, 0.717) is 6.61 Å². The highest BCUT2D eigenvalue weighted by molar-refractivity contribution is 5.89. The van der Waals surface area contributed by atoms with Crippen molar-refractivity contribution in [3.05, 3.63) is 0 Å². The van der Waals surface area contributed by atoms with Gasteiger partial charge in [0.2, 0.25) is 0 Å². The Morgan fingerprint density at radius 3 is 2.82 bits per heavy atom. The molecule has 11 heavy (non-hydrogen) atoms. The summed E-state index contributed by atoms with van der Waals surface area (Å²) < 4.78 is 10.5. The van der Waals surface area contributed by atoms with Crippen LogP contribution < -0.4 is 0 Å². The van der Waals surface area contributed by atoms with E-state index in [1.165, 1.54) is 0 Å². The van der Waals surface area contributed by atoms with Crippen LogP contribution in [-0.4, -0.2) is 31.2 Å². The highest BCUT2D eigenvalue weighted by Gasteiger charge is 2.43. The minimum absolute atomic E-state index is 0.140. The highest BCUT2D eigenvalue weighted by atomic mass is 16.5. The van der Waals surface area contributed by atoms with E-state index >= 15 is 0 Å². The Morgan fingerprint density at radius 1 is 1.27 bits per heavy atom. The van der Waals surface area contributed by atoms with Crippen LogP contribution in [0.4, 0.5) is 0 Å². The monoisotopic (exact) mass is 156 g/mol. The van der Waals surface area contributed by atoms with Crippen LogP contribution >= 0.6 is 0 Å². The molecule has 2 saturated heterocycles. The van der Waals surface area contributed by atoms with Gasteiger partial charge in [-0.3, -0.25) is 4.79 Å². The summed E-state index contributed by atoms with van der Waals surface area (Å²) in [6.45, 7) is 1.66. The molecule has 3 heteroatoms. The maximum atomic E-state index is 11.4. The van der Waals surface area contributed by atoms with Gasteiger partial charge in [-0.2, -0.15) is 0 Å². The van der Waals surface area contributed by atoms with Crippen LogP contribution in [-0.2, 0) is 14.3 Å². The van der Waals surface area contributed by atoms with Gasteiger partial charge >= 0.3 is 0 Å². The average molecular weight is 156 g/mol. The molecule has 2 rings (SSSR count). The second kappa shape index (κ2) is 2.57. The standard InChI is InChI=1S/C8H12O3/c9-7-6-10-5-3-8(7)2-1-4-11-8/h1-6H2/t8-/m0/s1. The Labute approximate surface area is 65.7 Å². The molecular weight excluding hydrogens is 144 g/mol. The Morgan fingerprint density at radius 2 is 2.18 bits per heavy atom. The minimum atomic E-state index is -0.432. The number of carbonyl (C=O) groups is 1. The van der Waals surface area contributed by atoms with Gasteiger partial charge in [0, 0.05) is 13.0 Å². The fourth-order valence-corrected chi connectivity index (χ4v) is 1.79. The molecule has 0 bridgehead atoms. The number of ketones is 1. The number of carbonyl (C=O) groups excluding carboxylic acids is 1. The molecule has 0 radical (unpaired) electrons. The zero-order valence-corrected chi connectivity index (χ0v) is 6.47. The van der Waals surface area contributed by atoms with Crippen LogP contribution in [0.2, 0.25) is 0 Å². The highest BCUT2D eigenvalue weighted by Crippen LogP contribution is 2.32. The van der Waals surface area contributed by atoms with Crippen molar-refractivity contribution in [1.29, 1.82) is 0 Å². The number of rotatable bonds is 0. The van der Waals surface area contributed by atoms with Crippen molar-refractivity contribution in [3.8, 4) is 0 Å². The van der Waals surface area contributed by atoms with Gasteiger partial charge < -0.3 is 9.47 Å². The van der Waals surface area contributed by atoms with Crippen LogP contribution in [0.5, 0.6) is 0 Å². The van der Waals surface area contributed by atoms with E-state index in [-0.39, 0.29) is 12.4 Å².